The number of hydrogen-bond donors (Lipinski definition) is 2. The number of amides is 2. The van der Waals surface area contributed by atoms with Crippen LogP contribution in [0.4, 0.5) is 0 Å². The molecule has 0 saturated heterocycles. The van der Waals surface area contributed by atoms with Crippen molar-refractivity contribution < 1.29 is 9.59 Å². The van der Waals surface area contributed by atoms with Crippen LogP contribution in [-0.4, -0.2) is 39.0 Å². The topological polar surface area (TPSA) is 92.1 Å². The van der Waals surface area contributed by atoms with Crippen LogP contribution in [0.2, 0.25) is 0 Å². The van der Waals surface area contributed by atoms with E-state index in [4.69, 9.17) is 10.7 Å². The fourth-order valence-electron chi connectivity index (χ4n) is 3.17. The number of nitrogens with zero attached hydrogens (tertiary/aromatic N) is 2. The SMILES string of the molecule is NC(=O)CCN(Cc1ccccc1)C(=O)CSc1nc(-c2cccs2)c(-c2cccs2)[nH]1. The molecule has 0 aliphatic rings. The summed E-state index contributed by atoms with van der Waals surface area (Å²) in [5.41, 5.74) is 8.18. The van der Waals surface area contributed by atoms with Crippen LogP contribution in [0.15, 0.2) is 70.5 Å². The molecule has 0 fully saturated rings. The van der Waals surface area contributed by atoms with Gasteiger partial charge in [-0.25, -0.2) is 4.98 Å². The van der Waals surface area contributed by atoms with Crippen molar-refractivity contribution in [2.24, 2.45) is 5.73 Å². The van der Waals surface area contributed by atoms with Crippen molar-refractivity contribution in [1.82, 2.24) is 14.9 Å². The molecule has 3 aromatic heterocycles. The van der Waals surface area contributed by atoms with Gasteiger partial charge in [-0.1, -0.05) is 54.2 Å². The maximum absolute atomic E-state index is 13.0. The van der Waals surface area contributed by atoms with E-state index in [1.807, 2.05) is 59.3 Å². The third-order valence-electron chi connectivity index (χ3n) is 4.73. The van der Waals surface area contributed by atoms with E-state index >= 15 is 0 Å². The zero-order chi connectivity index (χ0) is 22.3. The van der Waals surface area contributed by atoms with Crippen LogP contribution in [0.3, 0.4) is 0 Å². The van der Waals surface area contributed by atoms with Gasteiger partial charge < -0.3 is 15.6 Å². The Balaban J connectivity index is 1.49. The molecule has 0 aliphatic carbocycles. The summed E-state index contributed by atoms with van der Waals surface area (Å²) in [5, 5.41) is 4.75. The van der Waals surface area contributed by atoms with Gasteiger partial charge in [0.2, 0.25) is 11.8 Å². The molecule has 0 radical (unpaired) electrons. The number of hydrogen-bond acceptors (Lipinski definition) is 6. The van der Waals surface area contributed by atoms with Crippen molar-refractivity contribution in [1.29, 1.82) is 0 Å². The summed E-state index contributed by atoms with van der Waals surface area (Å²) in [6.45, 7) is 0.731. The van der Waals surface area contributed by atoms with Crippen molar-refractivity contribution in [2.75, 3.05) is 12.3 Å². The van der Waals surface area contributed by atoms with Gasteiger partial charge in [-0.15, -0.1) is 22.7 Å². The Morgan fingerprint density at radius 2 is 1.72 bits per heavy atom. The highest BCUT2D eigenvalue weighted by Crippen LogP contribution is 2.36. The molecule has 0 saturated carbocycles. The lowest BCUT2D eigenvalue weighted by atomic mass is 10.2. The van der Waals surface area contributed by atoms with Crippen LogP contribution >= 0.6 is 34.4 Å². The summed E-state index contributed by atoms with van der Waals surface area (Å²) >= 11 is 4.65. The fourth-order valence-corrected chi connectivity index (χ4v) is 5.39. The van der Waals surface area contributed by atoms with Gasteiger partial charge in [0.25, 0.3) is 0 Å². The van der Waals surface area contributed by atoms with Crippen molar-refractivity contribution in [3.8, 4) is 21.1 Å². The molecule has 0 aliphatic heterocycles. The minimum Gasteiger partial charge on any atom is -0.370 e. The first-order valence-electron chi connectivity index (χ1n) is 10.0. The maximum Gasteiger partial charge on any atom is 0.233 e. The number of thiophene rings is 2. The summed E-state index contributed by atoms with van der Waals surface area (Å²) in [7, 11) is 0. The fraction of sp³-hybridized carbons (Fsp3) is 0.174. The van der Waals surface area contributed by atoms with Crippen molar-refractivity contribution >= 4 is 46.2 Å². The summed E-state index contributed by atoms with van der Waals surface area (Å²) in [5.74, 6) is -0.269. The number of carbonyl (C=O) groups excluding carboxylic acids is 2. The number of carbonyl (C=O) groups is 2. The van der Waals surface area contributed by atoms with E-state index in [1.165, 1.54) is 11.8 Å². The normalized spacial score (nSPS) is 10.9. The van der Waals surface area contributed by atoms with Crippen LogP contribution < -0.4 is 5.73 Å². The van der Waals surface area contributed by atoms with Gasteiger partial charge in [-0.2, -0.15) is 0 Å². The van der Waals surface area contributed by atoms with Crippen molar-refractivity contribution in [2.45, 2.75) is 18.1 Å². The van der Waals surface area contributed by atoms with E-state index in [0.29, 0.717) is 18.2 Å². The minimum atomic E-state index is -0.421. The lowest BCUT2D eigenvalue weighted by Gasteiger charge is -2.22. The zero-order valence-electron chi connectivity index (χ0n) is 17.2. The van der Waals surface area contributed by atoms with E-state index in [2.05, 4.69) is 11.1 Å². The third-order valence-corrected chi connectivity index (χ3v) is 7.36. The Hall–Kier alpha value is -2.88. The number of benzene rings is 1. The molecule has 6 nitrogen and oxygen atoms in total. The number of aromatic amines is 1. The first-order chi connectivity index (χ1) is 15.6. The van der Waals surface area contributed by atoms with Gasteiger partial charge in [0.15, 0.2) is 5.16 Å². The summed E-state index contributed by atoms with van der Waals surface area (Å²) < 4.78 is 0. The summed E-state index contributed by atoms with van der Waals surface area (Å²) in [6.07, 6.45) is 0.134. The van der Waals surface area contributed by atoms with Crippen LogP contribution in [0.1, 0.15) is 12.0 Å². The molecule has 4 rings (SSSR count). The number of primary amides is 1. The smallest absolute Gasteiger partial charge is 0.233 e. The first kappa shape index (κ1) is 22.3. The predicted octanol–water partition coefficient (Wildman–Crippen LogP) is 4.86. The Kier molecular flexibility index (Phi) is 7.41. The van der Waals surface area contributed by atoms with Crippen LogP contribution in [0.5, 0.6) is 0 Å². The van der Waals surface area contributed by atoms with E-state index in [-0.39, 0.29) is 18.1 Å². The third kappa shape index (κ3) is 5.67. The highest BCUT2D eigenvalue weighted by atomic mass is 32.2. The molecular weight excluding hydrogens is 460 g/mol. The molecular formula is C23H22N4O2S3. The number of thioether (sulfide) groups is 1. The standard InChI is InChI=1S/C23H22N4O2S3/c24-19(28)10-11-27(14-16-6-2-1-3-7-16)20(29)15-32-23-25-21(17-8-4-12-30-17)22(26-23)18-9-5-13-31-18/h1-9,12-13H,10-11,14-15H2,(H2,24,28)(H,25,26). The van der Waals surface area contributed by atoms with Crippen LogP contribution in [0, 0.1) is 0 Å². The Morgan fingerprint density at radius 1 is 1.00 bits per heavy atom. The number of nitrogens with one attached hydrogen (secondary N) is 1. The van der Waals surface area contributed by atoms with Crippen LogP contribution in [0.25, 0.3) is 21.1 Å². The number of rotatable bonds is 10. The molecule has 3 heterocycles. The molecule has 9 heteroatoms. The van der Waals surface area contributed by atoms with E-state index < -0.39 is 5.91 Å². The lowest BCUT2D eigenvalue weighted by Crippen LogP contribution is -2.34. The lowest BCUT2D eigenvalue weighted by molar-refractivity contribution is -0.129. The Bertz CT molecular complexity index is 1100. The molecule has 4 aromatic rings. The van der Waals surface area contributed by atoms with Gasteiger partial charge in [0.05, 0.1) is 21.2 Å². The van der Waals surface area contributed by atoms with E-state index in [0.717, 1.165) is 26.7 Å². The van der Waals surface area contributed by atoms with E-state index in [9.17, 15) is 9.59 Å². The highest BCUT2D eigenvalue weighted by Gasteiger charge is 2.19. The highest BCUT2D eigenvalue weighted by molar-refractivity contribution is 7.99. The minimum absolute atomic E-state index is 0.0631. The number of H-pyrrole nitrogens is 1. The number of imidazole rings is 1. The molecule has 32 heavy (non-hydrogen) atoms. The van der Waals surface area contributed by atoms with Gasteiger partial charge >= 0.3 is 0 Å². The predicted molar refractivity (Wildman–Crippen MR) is 132 cm³/mol. The van der Waals surface area contributed by atoms with E-state index in [1.54, 1.807) is 27.6 Å². The quantitative estimate of drug-likeness (QED) is 0.316. The molecule has 1 aromatic carbocycles. The number of aromatic nitrogens is 2. The van der Waals surface area contributed by atoms with Gasteiger partial charge in [0, 0.05) is 19.5 Å². The molecule has 3 N–H and O–H groups in total. The number of nitrogens with two attached hydrogens (primary N) is 1. The van der Waals surface area contributed by atoms with Crippen molar-refractivity contribution in [3.05, 3.63) is 70.9 Å². The van der Waals surface area contributed by atoms with Gasteiger partial charge in [-0.05, 0) is 28.5 Å². The average Bonchev–Trinajstić information content (AvgIpc) is 3.56. The second-order valence-corrected chi connectivity index (χ2v) is 9.89. The molecule has 0 unspecified atom stereocenters. The van der Waals surface area contributed by atoms with Crippen LogP contribution in [-0.2, 0) is 16.1 Å². The largest absolute Gasteiger partial charge is 0.370 e. The average molecular weight is 483 g/mol. The molecule has 164 valence electrons. The zero-order valence-corrected chi connectivity index (χ0v) is 19.6. The second kappa shape index (κ2) is 10.6. The van der Waals surface area contributed by atoms with Crippen molar-refractivity contribution in [3.63, 3.8) is 0 Å². The maximum atomic E-state index is 13.0. The second-order valence-electron chi connectivity index (χ2n) is 7.03. The summed E-state index contributed by atoms with van der Waals surface area (Å²) in [4.78, 5) is 36.3. The molecule has 0 atom stereocenters. The molecule has 0 bridgehead atoms. The van der Waals surface area contributed by atoms with Gasteiger partial charge in [0.1, 0.15) is 5.69 Å². The molecule has 0 spiro atoms. The first-order valence-corrected chi connectivity index (χ1v) is 12.7. The Labute approximate surface area is 198 Å². The van der Waals surface area contributed by atoms with Gasteiger partial charge in [-0.3, -0.25) is 9.59 Å². The summed E-state index contributed by atoms with van der Waals surface area (Å²) in [6, 6.07) is 17.8. The Morgan fingerprint density at radius 3 is 2.38 bits per heavy atom. The monoisotopic (exact) mass is 482 g/mol. The molecule has 2 amide bonds.